The Hall–Kier alpha value is -0.353. The molecule has 4 heteroatoms. The molecule has 0 aliphatic rings. The lowest BCUT2D eigenvalue weighted by molar-refractivity contribution is -0.142. The number of carbonyl (C=O) groups excluding carboxylic acids is 1. The Bertz CT molecular complexity index is 128. The summed E-state index contributed by atoms with van der Waals surface area (Å²) in [7, 11) is -2.05. The molecule has 3 nitrogen and oxygen atoms in total. The van der Waals surface area contributed by atoms with Crippen molar-refractivity contribution in [2.24, 2.45) is 0 Å². The summed E-state index contributed by atoms with van der Waals surface area (Å²) in [6.45, 7) is 5.82. The van der Waals surface area contributed by atoms with E-state index in [2.05, 4.69) is 0 Å². The van der Waals surface area contributed by atoms with Gasteiger partial charge in [-0.05, 0) is 26.1 Å². The summed E-state index contributed by atoms with van der Waals surface area (Å²) in [5, 5.41) is 0. The highest BCUT2D eigenvalue weighted by atomic mass is 28.4. The van der Waals surface area contributed by atoms with Crippen molar-refractivity contribution in [3.8, 4) is 0 Å². The molecule has 1 N–H and O–H groups in total. The molecule has 0 amide bonds. The maximum absolute atomic E-state index is 10.8. The first-order valence-corrected chi connectivity index (χ1v) is 6.99. The van der Waals surface area contributed by atoms with E-state index in [0.29, 0.717) is 19.1 Å². The van der Waals surface area contributed by atoms with Gasteiger partial charge in [0.15, 0.2) is 8.32 Å². The van der Waals surface area contributed by atoms with E-state index < -0.39 is 8.32 Å². The van der Waals surface area contributed by atoms with Crippen molar-refractivity contribution in [3.05, 3.63) is 0 Å². The summed E-state index contributed by atoms with van der Waals surface area (Å²) in [4.78, 5) is 20.1. The van der Waals surface area contributed by atoms with Gasteiger partial charge in [-0.1, -0.05) is 0 Å². The molecule has 0 aromatic heterocycles. The average molecular weight is 176 g/mol. The fourth-order valence-electron chi connectivity index (χ4n) is 0.641. The standard InChI is InChI=1S/C7H16O3Si/c1-4-10-7(8)5-6-11(2,3)9/h9H,4-6H2,1-3H3. The monoisotopic (exact) mass is 176 g/mol. The molecule has 0 aromatic carbocycles. The zero-order valence-corrected chi connectivity index (χ0v) is 8.39. The van der Waals surface area contributed by atoms with E-state index in [9.17, 15) is 9.59 Å². The van der Waals surface area contributed by atoms with Gasteiger partial charge in [-0.25, -0.2) is 0 Å². The Kier molecular flexibility index (Phi) is 4.36. The third kappa shape index (κ3) is 7.54. The van der Waals surface area contributed by atoms with E-state index in [-0.39, 0.29) is 5.97 Å². The predicted molar refractivity (Wildman–Crippen MR) is 45.8 cm³/mol. The Morgan fingerprint density at radius 2 is 2.09 bits per heavy atom. The Balaban J connectivity index is 3.46. The van der Waals surface area contributed by atoms with Crippen molar-refractivity contribution in [3.63, 3.8) is 0 Å². The molecule has 0 saturated heterocycles. The molecule has 0 atom stereocenters. The first kappa shape index (κ1) is 10.6. The third-order valence-corrected chi connectivity index (χ3v) is 2.72. The topological polar surface area (TPSA) is 46.5 Å². The first-order chi connectivity index (χ1) is 4.95. The first-order valence-electron chi connectivity index (χ1n) is 3.83. The zero-order chi connectivity index (χ0) is 8.91. The maximum Gasteiger partial charge on any atom is 0.305 e. The van der Waals surface area contributed by atoms with Gasteiger partial charge in [0.2, 0.25) is 0 Å². The molecule has 0 saturated carbocycles. The Morgan fingerprint density at radius 3 is 2.45 bits per heavy atom. The van der Waals surface area contributed by atoms with Gasteiger partial charge >= 0.3 is 5.97 Å². The lowest BCUT2D eigenvalue weighted by Gasteiger charge is -2.12. The molecule has 0 spiro atoms. The molecule has 0 unspecified atom stereocenters. The number of esters is 1. The van der Waals surface area contributed by atoms with E-state index in [1.165, 1.54) is 0 Å². The second-order valence-corrected chi connectivity index (χ2v) is 7.24. The summed E-state index contributed by atoms with van der Waals surface area (Å²) in [5.41, 5.74) is 0. The van der Waals surface area contributed by atoms with Crippen LogP contribution in [0.1, 0.15) is 13.3 Å². The van der Waals surface area contributed by atoms with Gasteiger partial charge in [-0.3, -0.25) is 4.79 Å². The van der Waals surface area contributed by atoms with Crippen LogP contribution >= 0.6 is 0 Å². The lowest BCUT2D eigenvalue weighted by Crippen LogP contribution is -2.25. The van der Waals surface area contributed by atoms with Crippen LogP contribution in [0.2, 0.25) is 19.1 Å². The van der Waals surface area contributed by atoms with E-state index in [4.69, 9.17) is 4.74 Å². The average Bonchev–Trinajstić information content (AvgIpc) is 1.83. The Morgan fingerprint density at radius 1 is 1.55 bits per heavy atom. The van der Waals surface area contributed by atoms with Gasteiger partial charge in [0.05, 0.1) is 6.61 Å². The van der Waals surface area contributed by atoms with Gasteiger partial charge in [0.25, 0.3) is 0 Å². The fourth-order valence-corrected chi connectivity index (χ4v) is 1.46. The summed E-state index contributed by atoms with van der Waals surface area (Å²) in [5.74, 6) is -0.206. The van der Waals surface area contributed by atoms with Crippen molar-refractivity contribution in [1.82, 2.24) is 0 Å². The fraction of sp³-hybridized carbons (Fsp3) is 0.857. The summed E-state index contributed by atoms with van der Waals surface area (Å²) in [6, 6.07) is 0.589. The van der Waals surface area contributed by atoms with E-state index in [1.807, 2.05) is 13.1 Å². The normalized spacial score (nSPS) is 11.3. The highest BCUT2D eigenvalue weighted by molar-refractivity contribution is 6.69. The molecule has 0 aliphatic carbocycles. The van der Waals surface area contributed by atoms with Crippen LogP contribution < -0.4 is 0 Å². The van der Waals surface area contributed by atoms with E-state index >= 15 is 0 Å². The minimum absolute atomic E-state index is 0.206. The van der Waals surface area contributed by atoms with Gasteiger partial charge < -0.3 is 9.53 Å². The number of carbonyl (C=O) groups is 1. The van der Waals surface area contributed by atoms with Gasteiger partial charge in [0, 0.05) is 6.42 Å². The maximum atomic E-state index is 10.8. The van der Waals surface area contributed by atoms with E-state index in [1.54, 1.807) is 6.92 Å². The van der Waals surface area contributed by atoms with Gasteiger partial charge in [0.1, 0.15) is 0 Å². The second kappa shape index (κ2) is 4.51. The SMILES string of the molecule is CCOC(=O)CC[Si](C)(C)O. The molecular formula is C7H16O3Si. The van der Waals surface area contributed by atoms with E-state index in [0.717, 1.165) is 0 Å². The zero-order valence-electron chi connectivity index (χ0n) is 7.39. The van der Waals surface area contributed by atoms with Crippen LogP contribution in [0.4, 0.5) is 0 Å². The van der Waals surface area contributed by atoms with Crippen LogP contribution in [0.5, 0.6) is 0 Å². The van der Waals surface area contributed by atoms with Crippen LogP contribution in [0.15, 0.2) is 0 Å². The van der Waals surface area contributed by atoms with Crippen LogP contribution in [0, 0.1) is 0 Å². The molecule has 0 aromatic rings. The van der Waals surface area contributed by atoms with Crippen molar-refractivity contribution in [2.45, 2.75) is 32.5 Å². The van der Waals surface area contributed by atoms with Crippen molar-refractivity contribution >= 4 is 14.3 Å². The minimum atomic E-state index is -2.05. The molecule has 0 aliphatic heterocycles. The number of ether oxygens (including phenoxy) is 1. The predicted octanol–water partition coefficient (Wildman–Crippen LogP) is 1.14. The van der Waals surface area contributed by atoms with Gasteiger partial charge in [-0.15, -0.1) is 0 Å². The summed E-state index contributed by atoms with van der Waals surface area (Å²) < 4.78 is 4.71. The number of hydrogen-bond donors (Lipinski definition) is 1. The van der Waals surface area contributed by atoms with Crippen molar-refractivity contribution in [2.75, 3.05) is 6.61 Å². The molecule has 66 valence electrons. The molecular weight excluding hydrogens is 160 g/mol. The van der Waals surface area contributed by atoms with Crippen molar-refractivity contribution in [1.29, 1.82) is 0 Å². The molecule has 0 heterocycles. The highest BCUT2D eigenvalue weighted by Crippen LogP contribution is 2.07. The Labute approximate surface area is 68.5 Å². The lowest BCUT2D eigenvalue weighted by atomic mass is 10.5. The molecule has 11 heavy (non-hydrogen) atoms. The van der Waals surface area contributed by atoms with Crippen LogP contribution in [0.25, 0.3) is 0 Å². The molecule has 0 radical (unpaired) electrons. The highest BCUT2D eigenvalue weighted by Gasteiger charge is 2.18. The second-order valence-electron chi connectivity index (χ2n) is 3.12. The summed E-state index contributed by atoms with van der Waals surface area (Å²) in [6.07, 6.45) is 0.351. The minimum Gasteiger partial charge on any atom is -0.466 e. The van der Waals surface area contributed by atoms with Crippen LogP contribution in [0.3, 0.4) is 0 Å². The molecule has 0 bridgehead atoms. The van der Waals surface area contributed by atoms with Crippen molar-refractivity contribution < 1.29 is 14.3 Å². The van der Waals surface area contributed by atoms with Gasteiger partial charge in [-0.2, -0.15) is 0 Å². The molecule has 0 fully saturated rings. The van der Waals surface area contributed by atoms with Crippen LogP contribution in [-0.4, -0.2) is 25.7 Å². The summed E-state index contributed by atoms with van der Waals surface area (Å²) >= 11 is 0. The smallest absolute Gasteiger partial charge is 0.305 e. The van der Waals surface area contributed by atoms with Crippen LogP contribution in [-0.2, 0) is 9.53 Å². The third-order valence-electron chi connectivity index (χ3n) is 1.25. The number of rotatable bonds is 4. The quantitative estimate of drug-likeness (QED) is 0.516. The number of hydrogen-bond acceptors (Lipinski definition) is 3. The molecule has 0 rings (SSSR count). The largest absolute Gasteiger partial charge is 0.466 e.